The van der Waals surface area contributed by atoms with Gasteiger partial charge in [-0.1, -0.05) is 25.5 Å². The molecule has 0 aliphatic carbocycles. The Morgan fingerprint density at radius 1 is 1.42 bits per heavy atom. The van der Waals surface area contributed by atoms with Gasteiger partial charge in [0, 0.05) is 6.04 Å². The van der Waals surface area contributed by atoms with Crippen LogP contribution in [0.25, 0.3) is 0 Å². The molecule has 1 heterocycles. The fourth-order valence-electron chi connectivity index (χ4n) is 2.88. The molecule has 0 amide bonds. The second-order valence-corrected chi connectivity index (χ2v) is 5.64. The summed E-state index contributed by atoms with van der Waals surface area (Å²) in [4.78, 5) is 0. The summed E-state index contributed by atoms with van der Waals surface area (Å²) in [5.74, 6) is 0.691. The smallest absolute Gasteiger partial charge is 0.102 e. The van der Waals surface area contributed by atoms with Gasteiger partial charge in [0.05, 0.1) is 11.6 Å². The first-order valence-electron chi connectivity index (χ1n) is 7.04. The Hall–Kier alpha value is -1.37. The van der Waals surface area contributed by atoms with Crippen LogP contribution in [0.5, 0.6) is 0 Å². The molecule has 3 heteroatoms. The van der Waals surface area contributed by atoms with E-state index < -0.39 is 5.60 Å². The Balaban J connectivity index is 2.18. The van der Waals surface area contributed by atoms with Gasteiger partial charge >= 0.3 is 0 Å². The van der Waals surface area contributed by atoms with Gasteiger partial charge < -0.3 is 10.4 Å². The van der Waals surface area contributed by atoms with Gasteiger partial charge in [0.2, 0.25) is 0 Å². The fourth-order valence-corrected chi connectivity index (χ4v) is 2.88. The maximum Gasteiger partial charge on any atom is 0.102 e. The van der Waals surface area contributed by atoms with Crippen molar-refractivity contribution in [3.8, 4) is 6.07 Å². The van der Waals surface area contributed by atoms with E-state index in [9.17, 15) is 5.11 Å². The van der Waals surface area contributed by atoms with E-state index in [0.29, 0.717) is 11.5 Å². The standard InChI is InChI=1S/C16H22N2O/c1-3-12-8-9-18-15(10-12)16(2,19)14-6-4-13(11-17)5-7-14/h4-7,12,15,18-19H,3,8-10H2,1-2H3. The molecule has 2 rings (SSSR count). The van der Waals surface area contributed by atoms with Crippen LogP contribution in [0.1, 0.15) is 44.2 Å². The minimum atomic E-state index is -0.887. The first-order valence-corrected chi connectivity index (χ1v) is 7.04. The molecule has 0 radical (unpaired) electrons. The summed E-state index contributed by atoms with van der Waals surface area (Å²) >= 11 is 0. The molecule has 3 unspecified atom stereocenters. The van der Waals surface area contributed by atoms with Crippen molar-refractivity contribution >= 4 is 0 Å². The highest BCUT2D eigenvalue weighted by Crippen LogP contribution is 2.32. The van der Waals surface area contributed by atoms with E-state index in [1.807, 2.05) is 19.1 Å². The Bertz CT molecular complexity index is 459. The van der Waals surface area contributed by atoms with Gasteiger partial charge in [-0.2, -0.15) is 5.26 Å². The zero-order valence-corrected chi connectivity index (χ0v) is 11.7. The highest BCUT2D eigenvalue weighted by Gasteiger charge is 2.36. The maximum absolute atomic E-state index is 10.8. The van der Waals surface area contributed by atoms with E-state index in [1.54, 1.807) is 12.1 Å². The molecule has 3 nitrogen and oxygen atoms in total. The van der Waals surface area contributed by atoms with E-state index in [-0.39, 0.29) is 6.04 Å². The number of aliphatic hydroxyl groups is 1. The fraction of sp³-hybridized carbons (Fsp3) is 0.562. The molecule has 1 aliphatic heterocycles. The molecule has 0 saturated carbocycles. The first kappa shape index (κ1) is 14.0. The molecule has 3 atom stereocenters. The van der Waals surface area contributed by atoms with Crippen LogP contribution in [-0.4, -0.2) is 17.7 Å². The van der Waals surface area contributed by atoms with Gasteiger partial charge in [-0.3, -0.25) is 0 Å². The van der Waals surface area contributed by atoms with Crippen LogP contribution in [0, 0.1) is 17.2 Å². The second kappa shape index (κ2) is 5.73. The number of nitriles is 1. The number of nitrogens with zero attached hydrogens (tertiary/aromatic N) is 1. The van der Waals surface area contributed by atoms with Crippen molar-refractivity contribution in [3.63, 3.8) is 0 Å². The van der Waals surface area contributed by atoms with Crippen LogP contribution in [0.3, 0.4) is 0 Å². The highest BCUT2D eigenvalue weighted by atomic mass is 16.3. The lowest BCUT2D eigenvalue weighted by atomic mass is 9.79. The quantitative estimate of drug-likeness (QED) is 0.876. The summed E-state index contributed by atoms with van der Waals surface area (Å²) in [7, 11) is 0. The number of rotatable bonds is 3. The molecule has 0 bridgehead atoms. The molecule has 1 aromatic carbocycles. The second-order valence-electron chi connectivity index (χ2n) is 5.64. The van der Waals surface area contributed by atoms with Crippen LogP contribution in [0.2, 0.25) is 0 Å². The minimum Gasteiger partial charge on any atom is -0.384 e. The van der Waals surface area contributed by atoms with Crippen LogP contribution >= 0.6 is 0 Å². The average Bonchev–Trinajstić information content (AvgIpc) is 2.47. The predicted molar refractivity (Wildman–Crippen MR) is 75.5 cm³/mol. The van der Waals surface area contributed by atoms with Gasteiger partial charge in [-0.15, -0.1) is 0 Å². The zero-order chi connectivity index (χ0) is 13.9. The van der Waals surface area contributed by atoms with E-state index in [1.165, 1.54) is 12.8 Å². The van der Waals surface area contributed by atoms with Gasteiger partial charge in [0.15, 0.2) is 0 Å². The number of piperidine rings is 1. The number of hydrogen-bond donors (Lipinski definition) is 2. The Morgan fingerprint density at radius 2 is 2.11 bits per heavy atom. The Kier molecular flexibility index (Phi) is 4.24. The normalized spacial score (nSPS) is 26.4. The minimum absolute atomic E-state index is 0.0825. The number of hydrogen-bond acceptors (Lipinski definition) is 3. The van der Waals surface area contributed by atoms with E-state index >= 15 is 0 Å². The Morgan fingerprint density at radius 3 is 2.68 bits per heavy atom. The van der Waals surface area contributed by atoms with Gasteiger partial charge in [-0.25, -0.2) is 0 Å². The van der Waals surface area contributed by atoms with Crippen LogP contribution in [0.15, 0.2) is 24.3 Å². The van der Waals surface area contributed by atoms with Crippen molar-refractivity contribution in [2.75, 3.05) is 6.54 Å². The summed E-state index contributed by atoms with van der Waals surface area (Å²) in [6, 6.07) is 9.44. The molecular weight excluding hydrogens is 236 g/mol. The van der Waals surface area contributed by atoms with Crippen molar-refractivity contribution in [2.45, 2.75) is 44.8 Å². The molecule has 0 aromatic heterocycles. The van der Waals surface area contributed by atoms with E-state index in [4.69, 9.17) is 5.26 Å². The van der Waals surface area contributed by atoms with Crippen molar-refractivity contribution in [2.24, 2.45) is 5.92 Å². The lowest BCUT2D eigenvalue weighted by molar-refractivity contribution is -0.00309. The molecule has 1 fully saturated rings. The summed E-state index contributed by atoms with van der Waals surface area (Å²) in [6.07, 6.45) is 3.36. The monoisotopic (exact) mass is 258 g/mol. The molecule has 0 spiro atoms. The van der Waals surface area contributed by atoms with Crippen LogP contribution in [0.4, 0.5) is 0 Å². The molecule has 2 N–H and O–H groups in total. The third kappa shape index (κ3) is 2.97. The number of benzene rings is 1. The van der Waals surface area contributed by atoms with Crippen molar-refractivity contribution < 1.29 is 5.11 Å². The van der Waals surface area contributed by atoms with Crippen molar-refractivity contribution in [1.29, 1.82) is 5.26 Å². The zero-order valence-electron chi connectivity index (χ0n) is 11.7. The summed E-state index contributed by atoms with van der Waals surface area (Å²) in [6.45, 7) is 5.04. The third-order valence-electron chi connectivity index (χ3n) is 4.37. The summed E-state index contributed by atoms with van der Waals surface area (Å²) in [5, 5.41) is 23.1. The van der Waals surface area contributed by atoms with Crippen LogP contribution < -0.4 is 5.32 Å². The molecule has 1 aliphatic rings. The van der Waals surface area contributed by atoms with Crippen molar-refractivity contribution in [1.82, 2.24) is 5.32 Å². The van der Waals surface area contributed by atoms with Gasteiger partial charge in [0.25, 0.3) is 0 Å². The topological polar surface area (TPSA) is 56.0 Å². The third-order valence-corrected chi connectivity index (χ3v) is 4.37. The number of nitrogens with one attached hydrogen (secondary N) is 1. The van der Waals surface area contributed by atoms with Crippen LogP contribution in [-0.2, 0) is 5.60 Å². The molecule has 102 valence electrons. The summed E-state index contributed by atoms with van der Waals surface area (Å²) < 4.78 is 0. The largest absolute Gasteiger partial charge is 0.384 e. The SMILES string of the molecule is CCC1CCNC(C(C)(O)c2ccc(C#N)cc2)C1. The van der Waals surface area contributed by atoms with Gasteiger partial charge in [0.1, 0.15) is 5.60 Å². The first-order chi connectivity index (χ1) is 9.07. The lowest BCUT2D eigenvalue weighted by Gasteiger charge is -2.39. The lowest BCUT2D eigenvalue weighted by Crippen LogP contribution is -2.51. The molecular formula is C16H22N2O. The van der Waals surface area contributed by atoms with E-state index in [2.05, 4.69) is 18.3 Å². The molecule has 1 saturated heterocycles. The highest BCUT2D eigenvalue weighted by molar-refractivity contribution is 5.34. The van der Waals surface area contributed by atoms with E-state index in [0.717, 1.165) is 18.5 Å². The average molecular weight is 258 g/mol. The van der Waals surface area contributed by atoms with Crippen molar-refractivity contribution in [3.05, 3.63) is 35.4 Å². The molecule has 19 heavy (non-hydrogen) atoms. The molecule has 1 aromatic rings. The summed E-state index contributed by atoms with van der Waals surface area (Å²) in [5.41, 5.74) is 0.616. The maximum atomic E-state index is 10.8. The Labute approximate surface area is 115 Å². The predicted octanol–water partition coefficient (Wildman–Crippen LogP) is 2.54. The van der Waals surface area contributed by atoms with Gasteiger partial charge in [-0.05, 0) is 49.9 Å².